The molecular weight excluding hydrogens is 156 g/mol. The van der Waals surface area contributed by atoms with Crippen molar-refractivity contribution in [3.05, 3.63) is 0 Å². The molecule has 0 bridgehead atoms. The van der Waals surface area contributed by atoms with Crippen LogP contribution < -0.4 is 0 Å². The van der Waals surface area contributed by atoms with E-state index in [1.165, 1.54) is 7.11 Å². The smallest absolute Gasteiger partial charge is 0.309 e. The normalized spacial score (nSPS) is 29.4. The van der Waals surface area contributed by atoms with Gasteiger partial charge in [-0.2, -0.15) is 0 Å². The summed E-state index contributed by atoms with van der Waals surface area (Å²) in [5.41, 5.74) is 0. The first-order chi connectivity index (χ1) is 5.79. The van der Waals surface area contributed by atoms with Crippen LogP contribution in [-0.4, -0.2) is 19.4 Å². The molecule has 68 valence electrons. The number of carbonyl (C=O) groups is 2. The Morgan fingerprint density at radius 1 is 1.42 bits per heavy atom. The Kier molecular flexibility index (Phi) is 3.26. The number of hydrogen-bond acceptors (Lipinski definition) is 3. The van der Waals surface area contributed by atoms with Gasteiger partial charge < -0.3 is 9.53 Å². The number of ether oxygens (including phenoxy) is 1. The molecule has 1 rings (SSSR count). The SMILES string of the molecule is COC(=O)[C@@H]1CCCC[C@@H]1C=O. The van der Waals surface area contributed by atoms with Gasteiger partial charge in [0.05, 0.1) is 13.0 Å². The maximum atomic E-state index is 11.2. The predicted octanol–water partition coefficient (Wildman–Crippen LogP) is 1.16. The molecule has 2 atom stereocenters. The Morgan fingerprint density at radius 2 is 2.08 bits per heavy atom. The molecule has 0 saturated heterocycles. The first kappa shape index (κ1) is 9.23. The maximum Gasteiger partial charge on any atom is 0.309 e. The Morgan fingerprint density at radius 3 is 2.67 bits per heavy atom. The maximum absolute atomic E-state index is 11.2. The Bertz CT molecular complexity index is 177. The molecule has 0 aromatic rings. The van der Waals surface area contributed by atoms with Crippen molar-refractivity contribution in [1.29, 1.82) is 0 Å². The van der Waals surface area contributed by atoms with E-state index >= 15 is 0 Å². The number of hydrogen-bond donors (Lipinski definition) is 0. The molecule has 3 nitrogen and oxygen atoms in total. The Labute approximate surface area is 72.1 Å². The highest BCUT2D eigenvalue weighted by molar-refractivity contribution is 5.76. The van der Waals surface area contributed by atoms with Crippen LogP contribution in [0.15, 0.2) is 0 Å². The molecular formula is C9H14O3. The minimum absolute atomic E-state index is 0.105. The van der Waals surface area contributed by atoms with E-state index in [1.54, 1.807) is 0 Å². The number of methoxy groups -OCH3 is 1. The highest BCUT2D eigenvalue weighted by Crippen LogP contribution is 2.29. The standard InChI is InChI=1S/C9H14O3/c1-12-9(11)8-5-3-2-4-7(8)6-10/h6-8H,2-5H2,1H3/t7-,8-/m1/s1. The first-order valence-electron chi connectivity index (χ1n) is 4.32. The van der Waals surface area contributed by atoms with E-state index < -0.39 is 0 Å². The predicted molar refractivity (Wildman–Crippen MR) is 43.5 cm³/mol. The van der Waals surface area contributed by atoms with Crippen LogP contribution in [-0.2, 0) is 14.3 Å². The molecule has 1 fully saturated rings. The number of carbonyl (C=O) groups excluding carboxylic acids is 2. The van der Waals surface area contributed by atoms with Gasteiger partial charge in [0.25, 0.3) is 0 Å². The van der Waals surface area contributed by atoms with Gasteiger partial charge in [-0.3, -0.25) is 4.79 Å². The molecule has 0 N–H and O–H groups in total. The van der Waals surface area contributed by atoms with E-state index in [-0.39, 0.29) is 17.8 Å². The Hall–Kier alpha value is -0.860. The summed E-state index contributed by atoms with van der Waals surface area (Å²) in [7, 11) is 1.37. The second kappa shape index (κ2) is 4.24. The van der Waals surface area contributed by atoms with Crippen molar-refractivity contribution in [3.8, 4) is 0 Å². The topological polar surface area (TPSA) is 43.4 Å². The molecule has 0 heterocycles. The Balaban J connectivity index is 2.58. The summed E-state index contributed by atoms with van der Waals surface area (Å²) >= 11 is 0. The minimum Gasteiger partial charge on any atom is -0.469 e. The molecule has 1 saturated carbocycles. The number of rotatable bonds is 2. The summed E-state index contributed by atoms with van der Waals surface area (Å²) in [6, 6.07) is 0. The third-order valence-corrected chi connectivity index (χ3v) is 2.50. The van der Waals surface area contributed by atoms with Crippen LogP contribution in [0.3, 0.4) is 0 Å². The fourth-order valence-corrected chi connectivity index (χ4v) is 1.77. The van der Waals surface area contributed by atoms with E-state index in [1.807, 2.05) is 0 Å². The van der Waals surface area contributed by atoms with E-state index in [0.717, 1.165) is 32.0 Å². The summed E-state index contributed by atoms with van der Waals surface area (Å²) in [6.07, 6.45) is 4.61. The molecule has 0 radical (unpaired) electrons. The quantitative estimate of drug-likeness (QED) is 0.461. The molecule has 1 aliphatic rings. The van der Waals surface area contributed by atoms with Gasteiger partial charge in [0.2, 0.25) is 0 Å². The van der Waals surface area contributed by atoms with Gasteiger partial charge >= 0.3 is 5.97 Å². The molecule has 0 aromatic carbocycles. The summed E-state index contributed by atoms with van der Waals surface area (Å²) < 4.78 is 4.62. The van der Waals surface area contributed by atoms with Gasteiger partial charge in [-0.25, -0.2) is 0 Å². The zero-order valence-corrected chi connectivity index (χ0v) is 7.29. The largest absolute Gasteiger partial charge is 0.469 e. The zero-order valence-electron chi connectivity index (χ0n) is 7.29. The molecule has 0 aliphatic heterocycles. The lowest BCUT2D eigenvalue weighted by Crippen LogP contribution is -2.28. The lowest BCUT2D eigenvalue weighted by molar-refractivity contribution is -0.149. The summed E-state index contributed by atoms with van der Waals surface area (Å²) in [6.45, 7) is 0. The van der Waals surface area contributed by atoms with Crippen molar-refractivity contribution in [1.82, 2.24) is 0 Å². The van der Waals surface area contributed by atoms with Gasteiger partial charge in [0.15, 0.2) is 0 Å². The summed E-state index contributed by atoms with van der Waals surface area (Å²) in [5.74, 6) is -0.515. The van der Waals surface area contributed by atoms with E-state index in [2.05, 4.69) is 4.74 Å². The molecule has 0 unspecified atom stereocenters. The average Bonchev–Trinajstić information content (AvgIpc) is 2.16. The fourth-order valence-electron chi connectivity index (χ4n) is 1.77. The van der Waals surface area contributed by atoms with Crippen molar-refractivity contribution in [2.45, 2.75) is 25.7 Å². The van der Waals surface area contributed by atoms with Crippen LogP contribution in [0.25, 0.3) is 0 Å². The van der Waals surface area contributed by atoms with Crippen LogP contribution in [0.1, 0.15) is 25.7 Å². The van der Waals surface area contributed by atoms with Crippen molar-refractivity contribution in [3.63, 3.8) is 0 Å². The lowest BCUT2D eigenvalue weighted by atomic mass is 9.80. The van der Waals surface area contributed by atoms with Gasteiger partial charge in [-0.1, -0.05) is 12.8 Å². The third kappa shape index (κ3) is 1.84. The molecule has 0 spiro atoms. The van der Waals surface area contributed by atoms with Gasteiger partial charge in [-0.05, 0) is 12.8 Å². The number of esters is 1. The van der Waals surface area contributed by atoms with Crippen LogP contribution in [0, 0.1) is 11.8 Å². The summed E-state index contributed by atoms with van der Waals surface area (Å²) in [4.78, 5) is 21.7. The first-order valence-corrected chi connectivity index (χ1v) is 4.32. The molecule has 1 aliphatic carbocycles. The monoisotopic (exact) mass is 170 g/mol. The van der Waals surface area contributed by atoms with E-state index in [4.69, 9.17) is 0 Å². The van der Waals surface area contributed by atoms with Gasteiger partial charge in [-0.15, -0.1) is 0 Å². The van der Waals surface area contributed by atoms with E-state index in [0.29, 0.717) is 0 Å². The minimum atomic E-state index is -0.230. The second-order valence-electron chi connectivity index (χ2n) is 3.21. The molecule has 12 heavy (non-hydrogen) atoms. The van der Waals surface area contributed by atoms with Crippen molar-refractivity contribution >= 4 is 12.3 Å². The molecule has 0 amide bonds. The van der Waals surface area contributed by atoms with Crippen molar-refractivity contribution in [2.75, 3.05) is 7.11 Å². The highest BCUT2D eigenvalue weighted by Gasteiger charge is 2.31. The van der Waals surface area contributed by atoms with Gasteiger partial charge in [0.1, 0.15) is 6.29 Å². The molecule has 0 aromatic heterocycles. The number of aldehydes is 1. The van der Waals surface area contributed by atoms with Gasteiger partial charge in [0, 0.05) is 5.92 Å². The second-order valence-corrected chi connectivity index (χ2v) is 3.21. The summed E-state index contributed by atoms with van der Waals surface area (Å²) in [5, 5.41) is 0. The average molecular weight is 170 g/mol. The lowest BCUT2D eigenvalue weighted by Gasteiger charge is -2.24. The van der Waals surface area contributed by atoms with Crippen LogP contribution >= 0.6 is 0 Å². The van der Waals surface area contributed by atoms with Crippen LogP contribution in [0.2, 0.25) is 0 Å². The molecule has 3 heteroatoms. The van der Waals surface area contributed by atoms with Crippen LogP contribution in [0.4, 0.5) is 0 Å². The van der Waals surface area contributed by atoms with E-state index in [9.17, 15) is 9.59 Å². The zero-order chi connectivity index (χ0) is 8.97. The van der Waals surface area contributed by atoms with Crippen LogP contribution in [0.5, 0.6) is 0 Å². The third-order valence-electron chi connectivity index (χ3n) is 2.50. The van der Waals surface area contributed by atoms with Crippen molar-refractivity contribution in [2.24, 2.45) is 11.8 Å². The fraction of sp³-hybridized carbons (Fsp3) is 0.778. The van der Waals surface area contributed by atoms with Crippen molar-refractivity contribution < 1.29 is 14.3 Å². The highest BCUT2D eigenvalue weighted by atomic mass is 16.5.